The van der Waals surface area contributed by atoms with Crippen molar-refractivity contribution in [2.45, 2.75) is 19.0 Å². The van der Waals surface area contributed by atoms with E-state index in [0.29, 0.717) is 24.2 Å². The minimum atomic E-state index is -4.45. The Labute approximate surface area is 94.5 Å². The number of alkyl halides is 3. The summed E-state index contributed by atoms with van der Waals surface area (Å²) in [5, 5.41) is 8.65. The third-order valence-corrected chi connectivity index (χ3v) is 2.25. The lowest BCUT2D eigenvalue weighted by molar-refractivity contribution is -0.141. The summed E-state index contributed by atoms with van der Waals surface area (Å²) in [5.74, 6) is 0.529. The van der Waals surface area contributed by atoms with E-state index in [-0.39, 0.29) is 12.3 Å². The molecule has 0 aromatic carbocycles. The minimum absolute atomic E-state index is 0.0122. The summed E-state index contributed by atoms with van der Waals surface area (Å²) >= 11 is 0. The second kappa shape index (κ2) is 4.33. The highest BCUT2D eigenvalue weighted by Gasteiger charge is 2.32. The number of nitrogens with zero attached hydrogens (tertiary/aromatic N) is 2. The van der Waals surface area contributed by atoms with E-state index in [2.05, 4.69) is 15.0 Å². The SMILES string of the molecule is OCCCc1nc2ccc(C(F)(F)F)nc2[nH]1. The maximum absolute atomic E-state index is 12.4. The summed E-state index contributed by atoms with van der Waals surface area (Å²) in [5.41, 5.74) is -0.430. The van der Waals surface area contributed by atoms with E-state index < -0.39 is 11.9 Å². The number of rotatable bonds is 3. The maximum Gasteiger partial charge on any atom is 0.433 e. The van der Waals surface area contributed by atoms with E-state index >= 15 is 0 Å². The van der Waals surface area contributed by atoms with Gasteiger partial charge in [0, 0.05) is 13.0 Å². The van der Waals surface area contributed by atoms with Crippen molar-refractivity contribution in [1.29, 1.82) is 0 Å². The molecule has 0 bridgehead atoms. The number of hydrogen-bond acceptors (Lipinski definition) is 3. The number of nitrogens with one attached hydrogen (secondary N) is 1. The Morgan fingerprint density at radius 3 is 2.65 bits per heavy atom. The first kappa shape index (κ1) is 11.8. The van der Waals surface area contributed by atoms with Gasteiger partial charge in [-0.2, -0.15) is 13.2 Å². The predicted molar refractivity (Wildman–Crippen MR) is 54.3 cm³/mol. The molecule has 0 unspecified atom stereocenters. The lowest BCUT2D eigenvalue weighted by Crippen LogP contribution is -2.07. The van der Waals surface area contributed by atoms with Gasteiger partial charge in [0.05, 0.1) is 0 Å². The van der Waals surface area contributed by atoms with E-state index in [9.17, 15) is 13.2 Å². The summed E-state index contributed by atoms with van der Waals surface area (Å²) in [6.07, 6.45) is -3.47. The van der Waals surface area contributed by atoms with Crippen molar-refractivity contribution in [3.63, 3.8) is 0 Å². The zero-order chi connectivity index (χ0) is 12.5. The quantitative estimate of drug-likeness (QED) is 0.868. The van der Waals surface area contributed by atoms with Crippen LogP contribution in [0.15, 0.2) is 12.1 Å². The molecule has 0 fully saturated rings. The standard InChI is InChI=1S/C10H10F3N3O/c11-10(12,13)7-4-3-6-9(15-7)16-8(14-6)2-1-5-17/h3-4,17H,1-2,5H2,(H,14,15,16). The molecule has 0 saturated heterocycles. The van der Waals surface area contributed by atoms with Gasteiger partial charge < -0.3 is 10.1 Å². The number of aryl methyl sites for hydroxylation is 1. The van der Waals surface area contributed by atoms with Crippen LogP contribution in [0, 0.1) is 0 Å². The van der Waals surface area contributed by atoms with Crippen molar-refractivity contribution in [2.24, 2.45) is 0 Å². The molecular formula is C10H10F3N3O. The highest BCUT2D eigenvalue weighted by atomic mass is 19.4. The van der Waals surface area contributed by atoms with Gasteiger partial charge in [-0.15, -0.1) is 0 Å². The molecule has 2 N–H and O–H groups in total. The van der Waals surface area contributed by atoms with Gasteiger partial charge in [0.15, 0.2) is 5.65 Å². The number of aliphatic hydroxyl groups is 1. The molecule has 92 valence electrons. The van der Waals surface area contributed by atoms with Gasteiger partial charge >= 0.3 is 6.18 Å². The van der Waals surface area contributed by atoms with E-state index in [4.69, 9.17) is 5.11 Å². The molecule has 2 aromatic rings. The van der Waals surface area contributed by atoms with Crippen LogP contribution in [0.4, 0.5) is 13.2 Å². The first-order valence-electron chi connectivity index (χ1n) is 5.04. The Balaban J connectivity index is 2.34. The first-order valence-corrected chi connectivity index (χ1v) is 5.04. The predicted octanol–water partition coefficient (Wildman–Crippen LogP) is 1.90. The van der Waals surface area contributed by atoms with Crippen LogP contribution >= 0.6 is 0 Å². The van der Waals surface area contributed by atoms with E-state index in [1.807, 2.05) is 0 Å². The fraction of sp³-hybridized carbons (Fsp3) is 0.400. The molecule has 2 rings (SSSR count). The summed E-state index contributed by atoms with van der Waals surface area (Å²) in [7, 11) is 0. The number of H-pyrrole nitrogens is 1. The zero-order valence-electron chi connectivity index (χ0n) is 8.75. The van der Waals surface area contributed by atoms with Gasteiger partial charge in [0.2, 0.25) is 0 Å². The van der Waals surface area contributed by atoms with Crippen LogP contribution < -0.4 is 0 Å². The smallest absolute Gasteiger partial charge is 0.396 e. The number of fused-ring (bicyclic) bond motifs is 1. The van der Waals surface area contributed by atoms with Crippen LogP contribution in [0.1, 0.15) is 17.9 Å². The normalized spacial score (nSPS) is 12.2. The summed E-state index contributed by atoms with van der Waals surface area (Å²) in [4.78, 5) is 10.3. The average molecular weight is 245 g/mol. The lowest BCUT2D eigenvalue weighted by Gasteiger charge is -2.03. The number of halogens is 3. The third-order valence-electron chi connectivity index (χ3n) is 2.25. The molecule has 4 nitrogen and oxygen atoms in total. The van der Waals surface area contributed by atoms with E-state index in [1.165, 1.54) is 6.07 Å². The van der Waals surface area contributed by atoms with Crippen LogP contribution in [-0.4, -0.2) is 26.7 Å². The fourth-order valence-corrected chi connectivity index (χ4v) is 1.47. The minimum Gasteiger partial charge on any atom is -0.396 e. The Morgan fingerprint density at radius 2 is 2.00 bits per heavy atom. The van der Waals surface area contributed by atoms with Crippen LogP contribution in [0.2, 0.25) is 0 Å². The molecule has 0 spiro atoms. The molecule has 0 amide bonds. The van der Waals surface area contributed by atoms with Gasteiger partial charge in [-0.3, -0.25) is 0 Å². The Kier molecular flexibility index (Phi) is 3.01. The highest BCUT2D eigenvalue weighted by Crippen LogP contribution is 2.28. The third kappa shape index (κ3) is 2.55. The van der Waals surface area contributed by atoms with Gasteiger partial charge in [-0.05, 0) is 18.6 Å². The summed E-state index contributed by atoms with van der Waals surface area (Å²) in [6.45, 7) is 0.0122. The molecule has 0 aliphatic rings. The van der Waals surface area contributed by atoms with Gasteiger partial charge in [0.1, 0.15) is 17.0 Å². The number of aromatic amines is 1. The topological polar surface area (TPSA) is 61.8 Å². The first-order chi connectivity index (χ1) is 8.00. The van der Waals surface area contributed by atoms with Crippen molar-refractivity contribution in [1.82, 2.24) is 15.0 Å². The van der Waals surface area contributed by atoms with Crippen LogP contribution in [0.5, 0.6) is 0 Å². The number of aromatic nitrogens is 3. The molecule has 0 aliphatic carbocycles. The monoisotopic (exact) mass is 245 g/mol. The molecule has 2 heterocycles. The van der Waals surface area contributed by atoms with Crippen molar-refractivity contribution in [3.05, 3.63) is 23.7 Å². The lowest BCUT2D eigenvalue weighted by atomic mass is 10.3. The van der Waals surface area contributed by atoms with Crippen molar-refractivity contribution >= 4 is 11.2 Å². The number of pyridine rings is 1. The van der Waals surface area contributed by atoms with Crippen molar-refractivity contribution < 1.29 is 18.3 Å². The molecule has 0 saturated carbocycles. The number of imidazole rings is 1. The van der Waals surface area contributed by atoms with Crippen molar-refractivity contribution in [3.8, 4) is 0 Å². The van der Waals surface area contributed by atoms with Crippen molar-refractivity contribution in [2.75, 3.05) is 6.61 Å². The molecule has 0 aliphatic heterocycles. The van der Waals surface area contributed by atoms with Crippen LogP contribution in [0.3, 0.4) is 0 Å². The van der Waals surface area contributed by atoms with Gasteiger partial charge in [-0.1, -0.05) is 0 Å². The molecule has 0 atom stereocenters. The Hall–Kier alpha value is -1.63. The van der Waals surface area contributed by atoms with Crippen LogP contribution in [0.25, 0.3) is 11.2 Å². The second-order valence-corrected chi connectivity index (χ2v) is 3.57. The molecular weight excluding hydrogens is 235 g/mol. The Morgan fingerprint density at radius 1 is 1.24 bits per heavy atom. The van der Waals surface area contributed by atoms with Gasteiger partial charge in [-0.25, -0.2) is 9.97 Å². The zero-order valence-corrected chi connectivity index (χ0v) is 8.75. The average Bonchev–Trinajstić information content (AvgIpc) is 2.66. The maximum atomic E-state index is 12.4. The molecule has 17 heavy (non-hydrogen) atoms. The summed E-state index contributed by atoms with van der Waals surface area (Å²) < 4.78 is 37.2. The molecule has 0 radical (unpaired) electrons. The van der Waals surface area contributed by atoms with E-state index in [1.54, 1.807) is 0 Å². The fourth-order valence-electron chi connectivity index (χ4n) is 1.47. The summed E-state index contributed by atoms with van der Waals surface area (Å²) in [6, 6.07) is 2.18. The largest absolute Gasteiger partial charge is 0.433 e. The molecule has 2 aromatic heterocycles. The number of aliphatic hydroxyl groups excluding tert-OH is 1. The van der Waals surface area contributed by atoms with Crippen LogP contribution in [-0.2, 0) is 12.6 Å². The molecule has 7 heteroatoms. The number of hydrogen-bond donors (Lipinski definition) is 2. The Bertz CT molecular complexity index is 521. The van der Waals surface area contributed by atoms with Gasteiger partial charge in [0.25, 0.3) is 0 Å². The van der Waals surface area contributed by atoms with E-state index in [0.717, 1.165) is 6.07 Å². The highest BCUT2D eigenvalue weighted by molar-refractivity contribution is 5.70. The second-order valence-electron chi connectivity index (χ2n) is 3.57.